The molecule has 3 fully saturated rings. The number of halogens is 6. The van der Waals surface area contributed by atoms with Crippen LogP contribution < -0.4 is 19.9 Å². The fourth-order valence-corrected chi connectivity index (χ4v) is 9.27. The van der Waals surface area contributed by atoms with Crippen molar-refractivity contribution in [1.29, 1.82) is 0 Å². The molecule has 6 atom stereocenters. The second-order valence-corrected chi connectivity index (χ2v) is 14.8. The Morgan fingerprint density at radius 3 is 2.07 bits per heavy atom. The fourth-order valence-electron chi connectivity index (χ4n) is 8.34. The summed E-state index contributed by atoms with van der Waals surface area (Å²) in [5.41, 5.74) is 1.60. The largest absolute Gasteiger partial charge is 0.573 e. The van der Waals surface area contributed by atoms with E-state index in [1.165, 1.54) is 0 Å². The van der Waals surface area contributed by atoms with Gasteiger partial charge < -0.3 is 15.2 Å². The molecule has 8 rings (SSSR count). The summed E-state index contributed by atoms with van der Waals surface area (Å²) in [5.74, 6) is -9.97. The molecule has 1 saturated carbocycles. The van der Waals surface area contributed by atoms with Crippen molar-refractivity contribution in [3.05, 3.63) is 120 Å². The number of carbonyl (C=O) groups is 4. The number of imide groups is 2. The zero-order valence-corrected chi connectivity index (χ0v) is 29.2. The number of para-hydroxylation sites is 1. The van der Waals surface area contributed by atoms with E-state index in [-0.39, 0.29) is 28.9 Å². The highest BCUT2D eigenvalue weighted by atomic mass is 35.5. The Morgan fingerprint density at radius 2 is 1.41 bits per heavy atom. The topological polar surface area (TPSA) is 116 Å². The van der Waals surface area contributed by atoms with E-state index in [4.69, 9.17) is 23.2 Å². The van der Waals surface area contributed by atoms with Gasteiger partial charge in [0.2, 0.25) is 11.8 Å². The molecule has 0 radical (unpaired) electrons. The lowest BCUT2D eigenvalue weighted by molar-refractivity contribution is -0.274. The van der Waals surface area contributed by atoms with Gasteiger partial charge in [-0.3, -0.25) is 24.1 Å². The van der Waals surface area contributed by atoms with Crippen molar-refractivity contribution in [2.45, 2.75) is 34.9 Å². The van der Waals surface area contributed by atoms with Crippen LogP contribution in [0.1, 0.15) is 24.3 Å². The summed E-state index contributed by atoms with van der Waals surface area (Å²) in [6, 6.07) is 22.9. The minimum absolute atomic E-state index is 0.0344. The molecule has 2 aliphatic carbocycles. The van der Waals surface area contributed by atoms with Gasteiger partial charge in [0.15, 0.2) is 9.75 Å². The number of nitrogens with zero attached hydrogens (tertiary/aromatic N) is 2. The van der Waals surface area contributed by atoms with E-state index >= 15 is 0 Å². The highest BCUT2D eigenvalue weighted by Gasteiger charge is 2.77. The Hall–Kier alpha value is -5.40. The molecule has 4 amide bonds. The lowest BCUT2D eigenvalue weighted by Gasteiger charge is -2.50. The second kappa shape index (κ2) is 12.6. The smallest absolute Gasteiger partial charge is 0.508 e. The van der Waals surface area contributed by atoms with E-state index in [1.54, 1.807) is 30.3 Å². The van der Waals surface area contributed by atoms with Gasteiger partial charge in [-0.15, -0.1) is 36.4 Å². The first-order valence-corrected chi connectivity index (χ1v) is 17.5. The molecule has 2 aliphatic heterocycles. The van der Waals surface area contributed by atoms with Gasteiger partial charge in [-0.1, -0.05) is 29.8 Å². The number of amides is 4. The molecule has 4 aliphatic rings. The zero-order chi connectivity index (χ0) is 38.3. The summed E-state index contributed by atoms with van der Waals surface area (Å²) >= 11 is 14.6. The molecule has 0 unspecified atom stereocenters. The monoisotopic (exact) mass is 779 g/mol. The summed E-state index contributed by atoms with van der Waals surface area (Å²) in [5, 5.41) is 14.4. The number of aromatic hydroxyl groups is 1. The molecule has 9 nitrogen and oxygen atoms in total. The van der Waals surface area contributed by atoms with Crippen LogP contribution in [0, 0.1) is 23.6 Å². The molecule has 0 aromatic heterocycles. The van der Waals surface area contributed by atoms with Crippen LogP contribution in [-0.2, 0) is 19.2 Å². The first-order valence-electron chi connectivity index (χ1n) is 16.7. The van der Waals surface area contributed by atoms with Gasteiger partial charge in [-0.25, -0.2) is 9.29 Å². The number of phenolic OH excluding ortho intramolecular Hbond substituents is 1. The van der Waals surface area contributed by atoms with Gasteiger partial charge in [-0.05, 0) is 97.6 Å². The third-order valence-electron chi connectivity index (χ3n) is 10.6. The van der Waals surface area contributed by atoms with E-state index in [1.807, 2.05) is 30.3 Å². The minimum Gasteiger partial charge on any atom is -0.508 e. The maximum Gasteiger partial charge on any atom is 0.573 e. The van der Waals surface area contributed by atoms with Gasteiger partial charge >= 0.3 is 6.36 Å². The standard InChI is InChI=1S/C39H27Cl2F4N3O6/c40-37-19-29-26(15-16-27-31(29)34(51)47(33(27)50)23-12-8-22(9-13-23)46-21-4-2-1-3-5-21)32(28-18-25(14-17-30(28)49)54-39(43,44)45)38(37,41)36(53)48(35(37)52)24-10-6-20(42)7-11-24/h1-15,17-18,27,29,31-32,46,49H,16,19H2/t27-,29+,31-,32+,37+,38-/m0/s1. The van der Waals surface area contributed by atoms with Crippen molar-refractivity contribution < 1.29 is 46.6 Å². The van der Waals surface area contributed by atoms with Gasteiger partial charge in [0, 0.05) is 22.9 Å². The molecule has 54 heavy (non-hydrogen) atoms. The predicted octanol–water partition coefficient (Wildman–Crippen LogP) is 7.94. The van der Waals surface area contributed by atoms with Crippen LogP contribution in [0.25, 0.3) is 0 Å². The van der Waals surface area contributed by atoms with Crippen LogP contribution in [0.4, 0.5) is 40.3 Å². The van der Waals surface area contributed by atoms with Gasteiger partial charge in [-0.2, -0.15) is 0 Å². The van der Waals surface area contributed by atoms with Crippen molar-refractivity contribution in [3.63, 3.8) is 0 Å². The highest BCUT2D eigenvalue weighted by Crippen LogP contribution is 2.66. The van der Waals surface area contributed by atoms with E-state index in [0.717, 1.165) is 53.1 Å². The number of fused-ring (bicyclic) bond motifs is 4. The zero-order valence-electron chi connectivity index (χ0n) is 27.7. The van der Waals surface area contributed by atoms with Crippen LogP contribution in [0.15, 0.2) is 109 Å². The Kier molecular flexibility index (Phi) is 8.31. The highest BCUT2D eigenvalue weighted by molar-refractivity contribution is 6.58. The summed E-state index contributed by atoms with van der Waals surface area (Å²) in [6.07, 6.45) is -4.03. The number of carbonyl (C=O) groups excluding carboxylic acids is 4. The van der Waals surface area contributed by atoms with Crippen molar-refractivity contribution in [3.8, 4) is 11.5 Å². The average Bonchev–Trinajstić information content (AvgIpc) is 3.47. The summed E-state index contributed by atoms with van der Waals surface area (Å²) in [7, 11) is 0. The number of hydrogen-bond acceptors (Lipinski definition) is 7. The fraction of sp³-hybridized carbons (Fsp3) is 0.231. The first kappa shape index (κ1) is 35.6. The molecule has 4 aromatic carbocycles. The van der Waals surface area contributed by atoms with E-state index in [2.05, 4.69) is 10.1 Å². The number of nitrogens with one attached hydrogen (secondary N) is 1. The van der Waals surface area contributed by atoms with Crippen molar-refractivity contribution in [1.82, 2.24) is 0 Å². The Morgan fingerprint density at radius 1 is 0.778 bits per heavy atom. The summed E-state index contributed by atoms with van der Waals surface area (Å²) in [4.78, 5) is 54.2. The summed E-state index contributed by atoms with van der Waals surface area (Å²) < 4.78 is 58.2. The number of anilines is 4. The normalized spacial score (nSPS) is 27.7. The van der Waals surface area contributed by atoms with Crippen molar-refractivity contribution >= 4 is 69.6 Å². The molecule has 2 heterocycles. The average molecular weight is 781 g/mol. The van der Waals surface area contributed by atoms with Gasteiger partial charge in [0.25, 0.3) is 11.8 Å². The maximum atomic E-state index is 14.5. The SMILES string of the molecule is O=C1[C@H]2[C@H](CC=C3[C@H]2C[C@@]2(Cl)C(=O)N(c4ccc(F)cc4)C(=O)[C@@]2(Cl)[C@H]3c2cc(OC(F)(F)F)ccc2O)C(=O)N1c1ccc(Nc2ccccc2)cc1. The molecular formula is C39H27Cl2F4N3O6. The molecule has 4 aromatic rings. The maximum absolute atomic E-state index is 14.5. The number of hydrogen-bond donors (Lipinski definition) is 2. The lowest BCUT2D eigenvalue weighted by Crippen LogP contribution is -2.60. The van der Waals surface area contributed by atoms with Crippen molar-refractivity contribution in [2.24, 2.45) is 17.8 Å². The third-order valence-corrected chi connectivity index (χ3v) is 12.0. The van der Waals surface area contributed by atoms with E-state index < -0.39 is 87.1 Å². The van der Waals surface area contributed by atoms with E-state index in [0.29, 0.717) is 10.6 Å². The Labute approximate surface area is 314 Å². The van der Waals surface area contributed by atoms with Crippen LogP contribution in [-0.4, -0.2) is 44.8 Å². The first-order chi connectivity index (χ1) is 25.6. The number of ether oxygens (including phenoxy) is 1. The molecule has 276 valence electrons. The number of rotatable bonds is 6. The molecule has 2 saturated heterocycles. The van der Waals surface area contributed by atoms with Gasteiger partial charge in [0.1, 0.15) is 17.3 Å². The molecule has 0 spiro atoms. The Bertz CT molecular complexity index is 2260. The van der Waals surface area contributed by atoms with Gasteiger partial charge in [0.05, 0.1) is 23.2 Å². The number of benzene rings is 4. The summed E-state index contributed by atoms with van der Waals surface area (Å²) in [6.45, 7) is 0. The lowest BCUT2D eigenvalue weighted by atomic mass is 9.56. The van der Waals surface area contributed by atoms with E-state index in [9.17, 15) is 41.8 Å². The Balaban J connectivity index is 1.22. The molecule has 2 N–H and O–H groups in total. The van der Waals surface area contributed by atoms with Crippen LogP contribution >= 0.6 is 23.2 Å². The number of alkyl halides is 5. The van der Waals surface area contributed by atoms with Crippen LogP contribution in [0.3, 0.4) is 0 Å². The van der Waals surface area contributed by atoms with Crippen LogP contribution in [0.2, 0.25) is 0 Å². The predicted molar refractivity (Wildman–Crippen MR) is 190 cm³/mol. The van der Waals surface area contributed by atoms with Crippen molar-refractivity contribution in [2.75, 3.05) is 15.1 Å². The molecule has 0 bridgehead atoms. The second-order valence-electron chi connectivity index (χ2n) is 13.6. The number of phenols is 1. The molecular weight excluding hydrogens is 753 g/mol. The molecule has 15 heteroatoms. The van der Waals surface area contributed by atoms with Crippen LogP contribution in [0.5, 0.6) is 11.5 Å². The number of allylic oxidation sites excluding steroid dienone is 2. The third kappa shape index (κ3) is 5.43. The quantitative estimate of drug-likeness (QED) is 0.0884. The minimum atomic E-state index is -5.13.